The van der Waals surface area contributed by atoms with E-state index in [0.717, 1.165) is 0 Å². The summed E-state index contributed by atoms with van der Waals surface area (Å²) < 4.78 is 14.7. The normalized spacial score (nSPS) is 12.3. The highest BCUT2D eigenvalue weighted by Gasteiger charge is 2.11. The summed E-state index contributed by atoms with van der Waals surface area (Å²) >= 11 is 3.52. The molecule has 0 amide bonds. The minimum atomic E-state index is -1.70. The lowest BCUT2D eigenvalue weighted by Crippen LogP contribution is -1.91. The predicted molar refractivity (Wildman–Crippen MR) is 32.8 cm³/mol. The number of thiol groups is 1. The molecule has 0 N–H and O–H groups in total. The highest BCUT2D eigenvalue weighted by atomic mass is 32.7. The zero-order chi connectivity index (χ0) is 5.86. The molecule has 0 saturated heterocycles. The molecule has 0 spiro atoms. The highest BCUT2D eigenvalue weighted by molar-refractivity contribution is 8.39. The molecule has 0 aromatic carbocycles. The lowest BCUT2D eigenvalue weighted by molar-refractivity contribution is 0.264. The van der Waals surface area contributed by atoms with Gasteiger partial charge in [-0.3, -0.25) is 0 Å². The molecular formula is C3H8O2PS+. The van der Waals surface area contributed by atoms with Crippen LogP contribution in [-0.4, -0.2) is 6.10 Å². The first-order valence-electron chi connectivity index (χ1n) is 1.96. The van der Waals surface area contributed by atoms with Crippen LogP contribution in [0, 0.1) is 0 Å². The molecule has 0 aromatic rings. The SMILES string of the molecule is CC(C)O[P+](=O)S. The van der Waals surface area contributed by atoms with E-state index in [1.165, 1.54) is 0 Å². The molecule has 0 aliphatic carbocycles. The molecule has 0 heterocycles. The standard InChI is InChI=1S/C3H7O2PS/c1-3(2)5-6(4)7/h3H,1-2H3/p+1. The Morgan fingerprint density at radius 2 is 2.14 bits per heavy atom. The third-order valence-corrected chi connectivity index (χ3v) is 1.19. The van der Waals surface area contributed by atoms with Gasteiger partial charge in [0.1, 0.15) is 18.4 Å². The van der Waals surface area contributed by atoms with Gasteiger partial charge in [0.25, 0.3) is 0 Å². The Labute approximate surface area is 49.3 Å². The van der Waals surface area contributed by atoms with E-state index in [9.17, 15) is 4.57 Å². The number of hydrogen-bond acceptors (Lipinski definition) is 2. The van der Waals surface area contributed by atoms with Crippen molar-refractivity contribution in [3.05, 3.63) is 0 Å². The van der Waals surface area contributed by atoms with Crippen LogP contribution >= 0.6 is 19.5 Å². The second-order valence-corrected chi connectivity index (χ2v) is 3.06. The van der Waals surface area contributed by atoms with E-state index in [0.29, 0.717) is 0 Å². The minimum absolute atomic E-state index is 0.0149. The molecule has 4 heteroatoms. The zero-order valence-electron chi connectivity index (χ0n) is 4.29. The van der Waals surface area contributed by atoms with Crippen molar-refractivity contribution < 1.29 is 9.09 Å². The Balaban J connectivity index is 3.13. The molecule has 7 heavy (non-hydrogen) atoms. The van der Waals surface area contributed by atoms with Gasteiger partial charge in [0.05, 0.1) is 0 Å². The smallest absolute Gasteiger partial charge is 0.134 e. The summed E-state index contributed by atoms with van der Waals surface area (Å²) in [5.41, 5.74) is 0. The van der Waals surface area contributed by atoms with Gasteiger partial charge in [-0.2, -0.15) is 0 Å². The van der Waals surface area contributed by atoms with Gasteiger partial charge in [-0.05, 0) is 18.4 Å². The molecule has 2 nitrogen and oxygen atoms in total. The van der Waals surface area contributed by atoms with Crippen molar-refractivity contribution in [3.63, 3.8) is 0 Å². The van der Waals surface area contributed by atoms with Crippen molar-refractivity contribution in [2.24, 2.45) is 0 Å². The van der Waals surface area contributed by atoms with Crippen LogP contribution in [0.3, 0.4) is 0 Å². The van der Waals surface area contributed by atoms with Crippen molar-refractivity contribution in [1.29, 1.82) is 0 Å². The van der Waals surface area contributed by atoms with Gasteiger partial charge < -0.3 is 0 Å². The van der Waals surface area contributed by atoms with Crippen LogP contribution in [0.2, 0.25) is 0 Å². The molecule has 42 valence electrons. The van der Waals surface area contributed by atoms with Crippen molar-refractivity contribution in [3.8, 4) is 0 Å². The van der Waals surface area contributed by atoms with Gasteiger partial charge in [-0.1, -0.05) is 0 Å². The van der Waals surface area contributed by atoms with E-state index < -0.39 is 7.23 Å². The lowest BCUT2D eigenvalue weighted by Gasteiger charge is -1.86. The maximum Gasteiger partial charge on any atom is 0.582 e. The van der Waals surface area contributed by atoms with E-state index in [4.69, 9.17) is 0 Å². The van der Waals surface area contributed by atoms with Crippen LogP contribution in [0.1, 0.15) is 13.8 Å². The summed E-state index contributed by atoms with van der Waals surface area (Å²) in [6, 6.07) is 0. The lowest BCUT2D eigenvalue weighted by atomic mass is 10.5. The molecule has 0 fully saturated rings. The summed E-state index contributed by atoms with van der Waals surface area (Å²) in [7, 11) is -1.70. The quantitative estimate of drug-likeness (QED) is 0.467. The number of rotatable bonds is 2. The van der Waals surface area contributed by atoms with Gasteiger partial charge in [0.2, 0.25) is 0 Å². The molecule has 0 saturated carbocycles. The van der Waals surface area contributed by atoms with Crippen LogP contribution in [0.15, 0.2) is 0 Å². The predicted octanol–water partition coefficient (Wildman–Crippen LogP) is 2.00. The van der Waals surface area contributed by atoms with Crippen LogP contribution < -0.4 is 0 Å². The second-order valence-electron chi connectivity index (χ2n) is 1.39. The molecular weight excluding hydrogens is 131 g/mol. The van der Waals surface area contributed by atoms with Gasteiger partial charge in [-0.15, -0.1) is 4.52 Å². The third-order valence-electron chi connectivity index (χ3n) is 0.301. The summed E-state index contributed by atoms with van der Waals surface area (Å²) in [6.45, 7) is 3.62. The first-order chi connectivity index (χ1) is 3.13. The van der Waals surface area contributed by atoms with Gasteiger partial charge in [-0.25, -0.2) is 0 Å². The maximum atomic E-state index is 10.0. The van der Waals surface area contributed by atoms with Crippen molar-refractivity contribution >= 4 is 19.5 Å². The van der Waals surface area contributed by atoms with Gasteiger partial charge in [0, 0.05) is 0 Å². The Hall–Kier alpha value is 0.410. The topological polar surface area (TPSA) is 26.3 Å². The Morgan fingerprint density at radius 1 is 1.71 bits per heavy atom. The summed E-state index contributed by atoms with van der Waals surface area (Å²) in [5.74, 6) is 0. The number of hydrogen-bond donors (Lipinski definition) is 1. The summed E-state index contributed by atoms with van der Waals surface area (Å²) in [4.78, 5) is 0. The van der Waals surface area contributed by atoms with Crippen LogP contribution in [-0.2, 0) is 9.09 Å². The fraction of sp³-hybridized carbons (Fsp3) is 1.00. The monoisotopic (exact) mass is 139 g/mol. The van der Waals surface area contributed by atoms with E-state index in [1.807, 2.05) is 13.8 Å². The molecule has 0 rings (SSSR count). The van der Waals surface area contributed by atoms with Crippen molar-refractivity contribution in [2.75, 3.05) is 0 Å². The highest BCUT2D eigenvalue weighted by Crippen LogP contribution is 2.28. The molecule has 0 aromatic heterocycles. The van der Waals surface area contributed by atoms with Crippen molar-refractivity contribution in [1.82, 2.24) is 0 Å². The summed E-state index contributed by atoms with van der Waals surface area (Å²) in [6.07, 6.45) is 0.0149. The van der Waals surface area contributed by atoms with E-state index in [-0.39, 0.29) is 6.10 Å². The average Bonchev–Trinajstić information content (AvgIpc) is 1.27. The van der Waals surface area contributed by atoms with Gasteiger partial charge in [0.15, 0.2) is 0 Å². The minimum Gasteiger partial charge on any atom is -0.134 e. The molecule has 0 bridgehead atoms. The third kappa shape index (κ3) is 6.41. The van der Waals surface area contributed by atoms with Crippen LogP contribution in [0.4, 0.5) is 0 Å². The van der Waals surface area contributed by atoms with E-state index in [2.05, 4.69) is 16.8 Å². The first kappa shape index (κ1) is 7.41. The first-order valence-corrected chi connectivity index (χ1v) is 4.29. The summed E-state index contributed by atoms with van der Waals surface area (Å²) in [5, 5.41) is 0. The molecule has 0 aliphatic heterocycles. The Bertz CT molecular complexity index is 73.3. The van der Waals surface area contributed by atoms with E-state index >= 15 is 0 Å². The molecule has 0 radical (unpaired) electrons. The van der Waals surface area contributed by atoms with Crippen LogP contribution in [0.25, 0.3) is 0 Å². The van der Waals surface area contributed by atoms with Crippen molar-refractivity contribution in [2.45, 2.75) is 20.0 Å². The zero-order valence-corrected chi connectivity index (χ0v) is 6.08. The second kappa shape index (κ2) is 3.42. The molecule has 0 aliphatic rings. The van der Waals surface area contributed by atoms with E-state index in [1.54, 1.807) is 0 Å². The molecule has 1 atom stereocenters. The Kier molecular flexibility index (Phi) is 3.62. The fourth-order valence-electron chi connectivity index (χ4n) is 0.180. The average molecular weight is 139 g/mol. The van der Waals surface area contributed by atoms with Crippen LogP contribution in [0.5, 0.6) is 0 Å². The molecule has 1 unspecified atom stereocenters. The Morgan fingerprint density at radius 3 is 2.14 bits per heavy atom. The largest absolute Gasteiger partial charge is 0.582 e. The maximum absolute atomic E-state index is 10.0. The van der Waals surface area contributed by atoms with Gasteiger partial charge >= 0.3 is 7.23 Å². The fourth-order valence-corrected chi connectivity index (χ4v) is 1.11.